The standard InChI is InChI=1S/C11H11FN2O.C2H6/c1-8-6-13-14(7-8)9-3-4-11(15-2)10(12)5-9;1-2/h3-7H,1-2H3;1-2H3. The van der Waals surface area contributed by atoms with Crippen LogP contribution in [0.1, 0.15) is 19.4 Å². The average Bonchev–Trinajstić information content (AvgIpc) is 2.78. The molecule has 92 valence electrons. The zero-order valence-corrected chi connectivity index (χ0v) is 10.6. The van der Waals surface area contributed by atoms with Crippen molar-refractivity contribution < 1.29 is 9.13 Å². The van der Waals surface area contributed by atoms with Gasteiger partial charge in [0.25, 0.3) is 0 Å². The molecule has 1 aromatic heterocycles. The van der Waals surface area contributed by atoms with Gasteiger partial charge in [0.2, 0.25) is 0 Å². The van der Waals surface area contributed by atoms with Crippen LogP contribution in [0.5, 0.6) is 5.75 Å². The Morgan fingerprint density at radius 1 is 1.29 bits per heavy atom. The largest absolute Gasteiger partial charge is 0.494 e. The summed E-state index contributed by atoms with van der Waals surface area (Å²) < 4.78 is 19.8. The SMILES string of the molecule is CC.COc1ccc(-n2cc(C)cn2)cc1F. The van der Waals surface area contributed by atoms with E-state index in [-0.39, 0.29) is 11.6 Å². The van der Waals surface area contributed by atoms with Crippen LogP contribution >= 0.6 is 0 Å². The van der Waals surface area contributed by atoms with E-state index in [0.29, 0.717) is 5.69 Å². The maximum atomic E-state index is 13.4. The molecule has 0 saturated heterocycles. The Morgan fingerprint density at radius 3 is 2.47 bits per heavy atom. The zero-order valence-electron chi connectivity index (χ0n) is 10.6. The van der Waals surface area contributed by atoms with Gasteiger partial charge >= 0.3 is 0 Å². The van der Waals surface area contributed by atoms with Crippen molar-refractivity contribution in [3.05, 3.63) is 42.0 Å². The van der Waals surface area contributed by atoms with Gasteiger partial charge in [0, 0.05) is 12.3 Å². The minimum Gasteiger partial charge on any atom is -0.494 e. The van der Waals surface area contributed by atoms with Crippen LogP contribution in [0.2, 0.25) is 0 Å². The number of methoxy groups -OCH3 is 1. The van der Waals surface area contributed by atoms with Crippen LogP contribution in [0.3, 0.4) is 0 Å². The molecule has 4 heteroatoms. The predicted octanol–water partition coefficient (Wildman–Crippen LogP) is 3.35. The third-order valence-electron chi connectivity index (χ3n) is 2.11. The quantitative estimate of drug-likeness (QED) is 0.799. The Bertz CT molecular complexity index is 480. The van der Waals surface area contributed by atoms with Gasteiger partial charge in [-0.3, -0.25) is 0 Å². The topological polar surface area (TPSA) is 27.1 Å². The molecule has 0 aliphatic heterocycles. The van der Waals surface area contributed by atoms with Crippen molar-refractivity contribution >= 4 is 0 Å². The highest BCUT2D eigenvalue weighted by Crippen LogP contribution is 2.19. The summed E-state index contributed by atoms with van der Waals surface area (Å²) in [6, 6.07) is 4.74. The maximum Gasteiger partial charge on any atom is 0.167 e. The van der Waals surface area contributed by atoms with Crippen molar-refractivity contribution in [1.29, 1.82) is 0 Å². The summed E-state index contributed by atoms with van der Waals surface area (Å²) in [5.74, 6) is -0.147. The van der Waals surface area contributed by atoms with Crippen LogP contribution < -0.4 is 4.74 Å². The van der Waals surface area contributed by atoms with Gasteiger partial charge in [-0.15, -0.1) is 0 Å². The predicted molar refractivity (Wildman–Crippen MR) is 66.2 cm³/mol. The lowest BCUT2D eigenvalue weighted by molar-refractivity contribution is 0.386. The molecule has 3 nitrogen and oxygen atoms in total. The van der Waals surface area contributed by atoms with E-state index >= 15 is 0 Å². The molecule has 0 spiro atoms. The summed E-state index contributed by atoms with van der Waals surface area (Å²) in [7, 11) is 1.44. The average molecular weight is 236 g/mol. The first-order chi connectivity index (χ1) is 8.20. The van der Waals surface area contributed by atoms with Gasteiger partial charge in [0.05, 0.1) is 19.0 Å². The molecule has 17 heavy (non-hydrogen) atoms. The molecule has 0 aliphatic carbocycles. The summed E-state index contributed by atoms with van der Waals surface area (Å²) in [4.78, 5) is 0. The third-order valence-corrected chi connectivity index (χ3v) is 2.11. The Hall–Kier alpha value is -1.84. The zero-order chi connectivity index (χ0) is 12.8. The maximum absolute atomic E-state index is 13.4. The number of nitrogens with zero attached hydrogens (tertiary/aromatic N) is 2. The van der Waals surface area contributed by atoms with Crippen LogP contribution in [-0.2, 0) is 0 Å². The summed E-state index contributed by atoms with van der Waals surface area (Å²) in [5, 5.41) is 4.09. The van der Waals surface area contributed by atoms with Crippen LogP contribution in [0, 0.1) is 12.7 Å². The number of halogens is 1. The second kappa shape index (κ2) is 6.03. The molecule has 0 aliphatic rings. The van der Waals surface area contributed by atoms with Crippen LogP contribution in [0.4, 0.5) is 4.39 Å². The lowest BCUT2D eigenvalue weighted by Crippen LogP contribution is -1.96. The number of hydrogen-bond acceptors (Lipinski definition) is 2. The number of aromatic nitrogens is 2. The van der Waals surface area contributed by atoms with Gasteiger partial charge in [-0.25, -0.2) is 9.07 Å². The van der Waals surface area contributed by atoms with E-state index in [0.717, 1.165) is 5.56 Å². The molecule has 0 N–H and O–H groups in total. The van der Waals surface area contributed by atoms with Crippen molar-refractivity contribution in [2.24, 2.45) is 0 Å². The monoisotopic (exact) mass is 236 g/mol. The second-order valence-corrected chi connectivity index (χ2v) is 3.28. The number of ether oxygens (including phenoxy) is 1. The second-order valence-electron chi connectivity index (χ2n) is 3.28. The first-order valence-corrected chi connectivity index (χ1v) is 5.56. The molecule has 0 atom stereocenters. The number of aryl methyl sites for hydroxylation is 1. The van der Waals surface area contributed by atoms with Gasteiger partial charge in [0.15, 0.2) is 11.6 Å². The number of hydrogen-bond donors (Lipinski definition) is 0. The molecule has 0 saturated carbocycles. The molecular weight excluding hydrogens is 219 g/mol. The van der Waals surface area contributed by atoms with Crippen molar-refractivity contribution in [2.45, 2.75) is 20.8 Å². The molecule has 2 rings (SSSR count). The minimum atomic E-state index is -0.386. The fourth-order valence-corrected chi connectivity index (χ4v) is 1.35. The molecule has 0 amide bonds. The van der Waals surface area contributed by atoms with Crippen molar-refractivity contribution in [3.63, 3.8) is 0 Å². The summed E-state index contributed by atoms with van der Waals surface area (Å²) in [6.07, 6.45) is 3.56. The van der Waals surface area contributed by atoms with Crippen molar-refractivity contribution in [2.75, 3.05) is 7.11 Å². The van der Waals surface area contributed by atoms with E-state index in [1.54, 1.807) is 23.0 Å². The Morgan fingerprint density at radius 2 is 2.00 bits per heavy atom. The smallest absolute Gasteiger partial charge is 0.167 e. The highest BCUT2D eigenvalue weighted by Gasteiger charge is 2.05. The summed E-state index contributed by atoms with van der Waals surface area (Å²) >= 11 is 0. The molecule has 0 fully saturated rings. The molecule has 0 unspecified atom stereocenters. The van der Waals surface area contributed by atoms with Crippen molar-refractivity contribution in [3.8, 4) is 11.4 Å². The Kier molecular flexibility index (Phi) is 4.69. The minimum absolute atomic E-state index is 0.239. The van der Waals surface area contributed by atoms with Gasteiger partial charge in [-0.1, -0.05) is 13.8 Å². The van der Waals surface area contributed by atoms with Gasteiger partial charge < -0.3 is 4.74 Å². The van der Waals surface area contributed by atoms with Crippen molar-refractivity contribution in [1.82, 2.24) is 9.78 Å². The van der Waals surface area contributed by atoms with Gasteiger partial charge in [-0.2, -0.15) is 5.10 Å². The summed E-state index contributed by atoms with van der Waals surface area (Å²) in [6.45, 7) is 5.93. The van der Waals surface area contributed by atoms with E-state index in [1.165, 1.54) is 13.2 Å². The number of rotatable bonds is 2. The van der Waals surface area contributed by atoms with Crippen LogP contribution in [-0.4, -0.2) is 16.9 Å². The van der Waals surface area contributed by atoms with E-state index in [1.807, 2.05) is 27.0 Å². The Labute approximate surface area is 101 Å². The van der Waals surface area contributed by atoms with E-state index < -0.39 is 0 Å². The normalized spacial score (nSPS) is 9.47. The van der Waals surface area contributed by atoms with E-state index in [9.17, 15) is 4.39 Å². The molecule has 2 aromatic rings. The van der Waals surface area contributed by atoms with E-state index in [4.69, 9.17) is 4.74 Å². The first-order valence-electron chi connectivity index (χ1n) is 5.56. The van der Waals surface area contributed by atoms with E-state index in [2.05, 4.69) is 5.10 Å². The highest BCUT2D eigenvalue weighted by molar-refractivity contribution is 5.38. The molecule has 0 bridgehead atoms. The lowest BCUT2D eigenvalue weighted by Gasteiger charge is -2.04. The number of benzene rings is 1. The van der Waals surface area contributed by atoms with Crippen LogP contribution in [0.15, 0.2) is 30.6 Å². The summed E-state index contributed by atoms with van der Waals surface area (Å²) in [5.41, 5.74) is 1.72. The van der Waals surface area contributed by atoms with Gasteiger partial charge in [-0.05, 0) is 24.6 Å². The Balaban J connectivity index is 0.000000686. The molecule has 1 aromatic carbocycles. The molecule has 0 radical (unpaired) electrons. The highest BCUT2D eigenvalue weighted by atomic mass is 19.1. The fraction of sp³-hybridized carbons (Fsp3) is 0.308. The first kappa shape index (κ1) is 13.2. The fourth-order valence-electron chi connectivity index (χ4n) is 1.35. The van der Waals surface area contributed by atoms with Crippen LogP contribution in [0.25, 0.3) is 5.69 Å². The van der Waals surface area contributed by atoms with Gasteiger partial charge in [0.1, 0.15) is 0 Å². The lowest BCUT2D eigenvalue weighted by atomic mass is 10.3. The third kappa shape index (κ3) is 3.06. The molecule has 1 heterocycles. The molecular formula is C13H17FN2O.